The summed E-state index contributed by atoms with van der Waals surface area (Å²) in [5, 5.41) is 6.35. The summed E-state index contributed by atoms with van der Waals surface area (Å²) in [5.41, 5.74) is 2.09. The topological polar surface area (TPSA) is 50.4 Å². The minimum absolute atomic E-state index is 0.190. The van der Waals surface area contributed by atoms with Gasteiger partial charge in [0.1, 0.15) is 5.75 Å². The van der Waals surface area contributed by atoms with Gasteiger partial charge in [0.25, 0.3) is 0 Å². The van der Waals surface area contributed by atoms with Crippen molar-refractivity contribution in [3.05, 3.63) is 64.7 Å². The maximum Gasteiger partial charge on any atom is 0.315 e. The predicted molar refractivity (Wildman–Crippen MR) is 88.4 cm³/mol. The Hall–Kier alpha value is -2.20. The summed E-state index contributed by atoms with van der Waals surface area (Å²) in [7, 11) is 1.62. The molecule has 2 N–H and O–H groups in total. The zero-order chi connectivity index (χ0) is 15.8. The first-order chi connectivity index (χ1) is 10.7. The molecule has 0 bridgehead atoms. The number of rotatable bonds is 6. The average molecular weight is 319 g/mol. The van der Waals surface area contributed by atoms with Crippen LogP contribution in [0.2, 0.25) is 5.02 Å². The maximum atomic E-state index is 11.7. The van der Waals surface area contributed by atoms with E-state index in [2.05, 4.69) is 10.6 Å². The fourth-order valence-corrected chi connectivity index (χ4v) is 2.25. The number of halogens is 1. The number of benzene rings is 2. The van der Waals surface area contributed by atoms with Crippen LogP contribution >= 0.6 is 11.6 Å². The first-order valence-electron chi connectivity index (χ1n) is 7.06. The van der Waals surface area contributed by atoms with Crippen molar-refractivity contribution in [1.29, 1.82) is 0 Å². The molecular weight excluding hydrogens is 300 g/mol. The van der Waals surface area contributed by atoms with E-state index in [1.54, 1.807) is 7.11 Å². The first-order valence-corrected chi connectivity index (χ1v) is 7.44. The number of carbonyl (C=O) groups is 1. The third kappa shape index (κ3) is 5.30. The van der Waals surface area contributed by atoms with Gasteiger partial charge in [0.2, 0.25) is 0 Å². The Morgan fingerprint density at radius 2 is 1.86 bits per heavy atom. The lowest BCUT2D eigenvalue weighted by molar-refractivity contribution is 0.240. The molecule has 2 rings (SSSR count). The number of hydrogen-bond acceptors (Lipinski definition) is 2. The van der Waals surface area contributed by atoms with Crippen LogP contribution in [0.1, 0.15) is 11.1 Å². The molecule has 0 atom stereocenters. The van der Waals surface area contributed by atoms with Crippen molar-refractivity contribution >= 4 is 17.6 Å². The van der Waals surface area contributed by atoms with Gasteiger partial charge in [-0.3, -0.25) is 0 Å². The van der Waals surface area contributed by atoms with E-state index in [1.807, 2.05) is 48.5 Å². The molecule has 0 saturated carbocycles. The first kappa shape index (κ1) is 16.2. The summed E-state index contributed by atoms with van der Waals surface area (Å²) in [5.74, 6) is 0.778. The summed E-state index contributed by atoms with van der Waals surface area (Å²) in [6.45, 7) is 1.02. The fraction of sp³-hybridized carbons (Fsp3) is 0.235. The van der Waals surface area contributed by atoms with Gasteiger partial charge in [0.05, 0.1) is 7.11 Å². The monoisotopic (exact) mass is 318 g/mol. The van der Waals surface area contributed by atoms with Gasteiger partial charge >= 0.3 is 6.03 Å². The highest BCUT2D eigenvalue weighted by atomic mass is 35.5. The summed E-state index contributed by atoms with van der Waals surface area (Å²) in [6, 6.07) is 15.0. The van der Waals surface area contributed by atoms with Crippen LogP contribution in [-0.4, -0.2) is 19.7 Å². The molecule has 0 spiro atoms. The van der Waals surface area contributed by atoms with Crippen molar-refractivity contribution in [2.45, 2.75) is 13.0 Å². The van der Waals surface area contributed by atoms with E-state index < -0.39 is 0 Å². The predicted octanol–water partition coefficient (Wildman–Crippen LogP) is 3.39. The van der Waals surface area contributed by atoms with Crippen molar-refractivity contribution in [3.8, 4) is 5.75 Å². The molecule has 0 saturated heterocycles. The molecule has 2 aromatic rings. The Morgan fingerprint density at radius 3 is 2.64 bits per heavy atom. The van der Waals surface area contributed by atoms with Crippen molar-refractivity contribution in [2.75, 3.05) is 13.7 Å². The van der Waals surface area contributed by atoms with Crippen LogP contribution in [-0.2, 0) is 13.0 Å². The summed E-state index contributed by atoms with van der Waals surface area (Å²) in [4.78, 5) is 11.7. The van der Waals surface area contributed by atoms with E-state index in [0.717, 1.165) is 23.3 Å². The van der Waals surface area contributed by atoms with E-state index >= 15 is 0 Å². The SMILES string of the molecule is COc1cccc(CNC(=O)NCCc2cccc(Cl)c2)c1. The number of methoxy groups -OCH3 is 1. The Balaban J connectivity index is 1.71. The molecule has 0 aliphatic heterocycles. The van der Waals surface area contributed by atoms with Crippen LogP contribution in [0.3, 0.4) is 0 Å². The van der Waals surface area contributed by atoms with Crippen molar-refractivity contribution in [2.24, 2.45) is 0 Å². The van der Waals surface area contributed by atoms with Gasteiger partial charge in [-0.05, 0) is 41.8 Å². The van der Waals surface area contributed by atoms with E-state index in [9.17, 15) is 4.79 Å². The van der Waals surface area contributed by atoms with Crippen molar-refractivity contribution in [3.63, 3.8) is 0 Å². The second-order valence-corrected chi connectivity index (χ2v) is 5.28. The molecule has 0 aliphatic rings. The standard InChI is InChI=1S/C17H19ClN2O2/c1-22-16-7-3-5-14(11-16)12-20-17(21)19-9-8-13-4-2-6-15(18)10-13/h2-7,10-11H,8-9,12H2,1H3,(H2,19,20,21). The van der Waals surface area contributed by atoms with Gasteiger partial charge in [0, 0.05) is 18.1 Å². The average Bonchev–Trinajstić information content (AvgIpc) is 2.53. The molecule has 4 nitrogen and oxygen atoms in total. The number of ether oxygens (including phenoxy) is 1. The third-order valence-corrected chi connectivity index (χ3v) is 3.41. The number of carbonyl (C=O) groups excluding carboxylic acids is 1. The number of urea groups is 1. The van der Waals surface area contributed by atoms with Crippen LogP contribution in [0.4, 0.5) is 4.79 Å². The summed E-state index contributed by atoms with van der Waals surface area (Å²) < 4.78 is 5.15. The lowest BCUT2D eigenvalue weighted by Gasteiger charge is -2.09. The molecule has 116 valence electrons. The van der Waals surface area contributed by atoms with E-state index in [-0.39, 0.29) is 6.03 Å². The van der Waals surface area contributed by atoms with Crippen LogP contribution < -0.4 is 15.4 Å². The highest BCUT2D eigenvalue weighted by Gasteiger charge is 2.01. The fourth-order valence-electron chi connectivity index (χ4n) is 2.04. The number of nitrogens with one attached hydrogen (secondary N) is 2. The molecule has 0 fully saturated rings. The maximum absolute atomic E-state index is 11.7. The minimum atomic E-state index is -0.190. The summed E-state index contributed by atoms with van der Waals surface area (Å²) >= 11 is 5.92. The Labute approximate surface area is 135 Å². The lowest BCUT2D eigenvalue weighted by Crippen LogP contribution is -2.36. The summed E-state index contributed by atoms with van der Waals surface area (Å²) in [6.07, 6.45) is 0.743. The quantitative estimate of drug-likeness (QED) is 0.857. The lowest BCUT2D eigenvalue weighted by atomic mass is 10.1. The van der Waals surface area contributed by atoms with Gasteiger partial charge in [-0.25, -0.2) is 4.79 Å². The smallest absolute Gasteiger partial charge is 0.315 e. The molecule has 0 aliphatic carbocycles. The largest absolute Gasteiger partial charge is 0.497 e. The minimum Gasteiger partial charge on any atom is -0.497 e. The Morgan fingerprint density at radius 1 is 1.09 bits per heavy atom. The molecule has 2 amide bonds. The molecular formula is C17H19ClN2O2. The normalized spacial score (nSPS) is 10.1. The molecule has 0 unspecified atom stereocenters. The van der Waals surface area contributed by atoms with Gasteiger partial charge < -0.3 is 15.4 Å². The number of hydrogen-bond donors (Lipinski definition) is 2. The van der Waals surface area contributed by atoms with E-state index in [1.165, 1.54) is 0 Å². The molecule has 0 heterocycles. The highest BCUT2D eigenvalue weighted by molar-refractivity contribution is 6.30. The zero-order valence-electron chi connectivity index (χ0n) is 12.4. The number of amides is 2. The molecule has 5 heteroatoms. The van der Waals surface area contributed by atoms with Crippen molar-refractivity contribution < 1.29 is 9.53 Å². The second-order valence-electron chi connectivity index (χ2n) is 4.84. The Kier molecular flexibility index (Phi) is 6.10. The zero-order valence-corrected chi connectivity index (χ0v) is 13.2. The second kappa shape index (κ2) is 8.29. The molecule has 22 heavy (non-hydrogen) atoms. The van der Waals surface area contributed by atoms with Crippen LogP contribution in [0.15, 0.2) is 48.5 Å². The molecule has 0 aromatic heterocycles. The Bertz CT molecular complexity index is 632. The third-order valence-electron chi connectivity index (χ3n) is 3.18. The van der Waals surface area contributed by atoms with Crippen LogP contribution in [0, 0.1) is 0 Å². The van der Waals surface area contributed by atoms with Gasteiger partial charge in [-0.15, -0.1) is 0 Å². The van der Waals surface area contributed by atoms with Crippen LogP contribution in [0.5, 0.6) is 5.75 Å². The van der Waals surface area contributed by atoms with Gasteiger partial charge in [-0.2, -0.15) is 0 Å². The van der Waals surface area contributed by atoms with Crippen LogP contribution in [0.25, 0.3) is 0 Å². The molecule has 2 aromatic carbocycles. The van der Waals surface area contributed by atoms with E-state index in [4.69, 9.17) is 16.3 Å². The van der Waals surface area contributed by atoms with Gasteiger partial charge in [-0.1, -0.05) is 35.9 Å². The molecule has 0 radical (unpaired) electrons. The van der Waals surface area contributed by atoms with Crippen molar-refractivity contribution in [1.82, 2.24) is 10.6 Å². The highest BCUT2D eigenvalue weighted by Crippen LogP contribution is 2.12. The van der Waals surface area contributed by atoms with Gasteiger partial charge in [0.15, 0.2) is 0 Å². The van der Waals surface area contributed by atoms with E-state index in [0.29, 0.717) is 18.1 Å².